The van der Waals surface area contributed by atoms with Gasteiger partial charge in [-0.1, -0.05) is 11.8 Å². The topological polar surface area (TPSA) is 98.8 Å². The number of hydrogen-bond donors (Lipinski definition) is 1. The average molecular weight is 308 g/mol. The lowest BCUT2D eigenvalue weighted by Crippen LogP contribution is -2.06. The van der Waals surface area contributed by atoms with Gasteiger partial charge in [0.15, 0.2) is 5.03 Å². The number of rotatable bonds is 7. The van der Waals surface area contributed by atoms with E-state index in [9.17, 15) is 10.1 Å². The van der Waals surface area contributed by atoms with Crippen LogP contribution in [0.1, 0.15) is 12.1 Å². The van der Waals surface area contributed by atoms with E-state index in [2.05, 4.69) is 20.4 Å². The molecule has 0 saturated heterocycles. The van der Waals surface area contributed by atoms with E-state index < -0.39 is 0 Å². The number of aryl methyl sites for hydroxylation is 2. The van der Waals surface area contributed by atoms with Gasteiger partial charge in [0.1, 0.15) is 5.69 Å². The Morgan fingerprint density at radius 1 is 1.43 bits per heavy atom. The molecule has 0 radical (unpaired) electrons. The SMILES string of the molecule is Cc1nn(C)c(SCCCNc2ncccn2)c1[N+](=O)[O-]. The Kier molecular flexibility index (Phi) is 5.09. The van der Waals surface area contributed by atoms with Crippen molar-refractivity contribution >= 4 is 23.4 Å². The zero-order valence-electron chi connectivity index (χ0n) is 11.8. The van der Waals surface area contributed by atoms with E-state index >= 15 is 0 Å². The third kappa shape index (κ3) is 3.91. The zero-order chi connectivity index (χ0) is 15.2. The van der Waals surface area contributed by atoms with E-state index in [1.807, 2.05) is 0 Å². The highest BCUT2D eigenvalue weighted by molar-refractivity contribution is 7.99. The second kappa shape index (κ2) is 7.02. The number of hydrogen-bond acceptors (Lipinski definition) is 7. The predicted molar refractivity (Wildman–Crippen MR) is 80.5 cm³/mol. The summed E-state index contributed by atoms with van der Waals surface area (Å²) in [5.74, 6) is 1.34. The lowest BCUT2D eigenvalue weighted by atomic mass is 10.4. The molecule has 112 valence electrons. The molecule has 2 rings (SSSR count). The number of nitrogens with zero attached hydrogens (tertiary/aromatic N) is 5. The molecule has 0 bridgehead atoms. The highest BCUT2D eigenvalue weighted by Gasteiger charge is 2.23. The van der Waals surface area contributed by atoms with Crippen molar-refractivity contribution in [2.75, 3.05) is 17.6 Å². The van der Waals surface area contributed by atoms with Gasteiger partial charge in [0.2, 0.25) is 5.95 Å². The Balaban J connectivity index is 1.83. The monoisotopic (exact) mass is 308 g/mol. The van der Waals surface area contributed by atoms with Gasteiger partial charge in [-0.2, -0.15) is 5.10 Å². The summed E-state index contributed by atoms with van der Waals surface area (Å²) in [5, 5.41) is 18.8. The molecule has 0 amide bonds. The molecular weight excluding hydrogens is 292 g/mol. The predicted octanol–water partition coefficient (Wildman–Crippen LogP) is 2.02. The molecule has 0 aliphatic carbocycles. The van der Waals surface area contributed by atoms with Gasteiger partial charge in [-0.25, -0.2) is 9.97 Å². The summed E-state index contributed by atoms with van der Waals surface area (Å²) < 4.78 is 1.56. The van der Waals surface area contributed by atoms with Crippen LogP contribution in [0.15, 0.2) is 23.5 Å². The highest BCUT2D eigenvalue weighted by Crippen LogP contribution is 2.31. The molecule has 0 spiro atoms. The van der Waals surface area contributed by atoms with Crippen LogP contribution in [0, 0.1) is 17.0 Å². The van der Waals surface area contributed by atoms with Gasteiger partial charge in [0.25, 0.3) is 0 Å². The van der Waals surface area contributed by atoms with Gasteiger partial charge in [0.05, 0.1) is 4.92 Å². The summed E-state index contributed by atoms with van der Waals surface area (Å²) in [7, 11) is 1.72. The summed E-state index contributed by atoms with van der Waals surface area (Å²) in [6.45, 7) is 2.36. The number of aromatic nitrogens is 4. The van der Waals surface area contributed by atoms with Crippen LogP contribution in [0.25, 0.3) is 0 Å². The Morgan fingerprint density at radius 2 is 2.14 bits per heavy atom. The van der Waals surface area contributed by atoms with E-state index in [1.54, 1.807) is 37.1 Å². The second-order valence-corrected chi connectivity index (χ2v) is 5.40. The minimum atomic E-state index is -0.374. The van der Waals surface area contributed by atoms with E-state index in [4.69, 9.17) is 0 Å². The van der Waals surface area contributed by atoms with Crippen LogP contribution in [0.4, 0.5) is 11.6 Å². The summed E-state index contributed by atoms with van der Waals surface area (Å²) in [4.78, 5) is 18.8. The fourth-order valence-corrected chi connectivity index (χ4v) is 2.90. The molecule has 21 heavy (non-hydrogen) atoms. The van der Waals surface area contributed by atoms with E-state index in [0.717, 1.165) is 12.2 Å². The molecule has 2 heterocycles. The largest absolute Gasteiger partial charge is 0.354 e. The highest BCUT2D eigenvalue weighted by atomic mass is 32.2. The molecule has 0 fully saturated rings. The second-order valence-electron chi connectivity index (χ2n) is 4.32. The van der Waals surface area contributed by atoms with E-state index in [1.165, 1.54) is 11.8 Å². The number of nitro groups is 1. The number of thioether (sulfide) groups is 1. The summed E-state index contributed by atoms with van der Waals surface area (Å²) in [5.41, 5.74) is 0.544. The summed E-state index contributed by atoms with van der Waals surface area (Å²) in [6.07, 6.45) is 4.18. The van der Waals surface area contributed by atoms with Gasteiger partial charge in [-0.3, -0.25) is 14.8 Å². The maximum Gasteiger partial charge on any atom is 0.323 e. The van der Waals surface area contributed by atoms with Crippen LogP contribution in [0.3, 0.4) is 0 Å². The minimum absolute atomic E-state index is 0.0989. The van der Waals surface area contributed by atoms with Crippen LogP contribution in [0.5, 0.6) is 0 Å². The number of nitrogens with one attached hydrogen (secondary N) is 1. The molecule has 9 heteroatoms. The van der Waals surface area contributed by atoms with Gasteiger partial charge < -0.3 is 5.32 Å². The minimum Gasteiger partial charge on any atom is -0.354 e. The molecule has 2 aromatic heterocycles. The van der Waals surface area contributed by atoms with Crippen molar-refractivity contribution in [3.63, 3.8) is 0 Å². The normalized spacial score (nSPS) is 10.6. The van der Waals surface area contributed by atoms with Crippen molar-refractivity contribution in [1.29, 1.82) is 0 Å². The van der Waals surface area contributed by atoms with Gasteiger partial charge in [-0.05, 0) is 19.4 Å². The molecule has 0 aromatic carbocycles. The third-order valence-electron chi connectivity index (χ3n) is 2.73. The smallest absolute Gasteiger partial charge is 0.323 e. The van der Waals surface area contributed by atoms with E-state index in [0.29, 0.717) is 23.2 Å². The molecule has 0 unspecified atom stereocenters. The van der Waals surface area contributed by atoms with Gasteiger partial charge in [0, 0.05) is 31.7 Å². The molecule has 8 nitrogen and oxygen atoms in total. The Hall–Kier alpha value is -2.16. The zero-order valence-corrected chi connectivity index (χ0v) is 12.6. The van der Waals surface area contributed by atoms with Crippen molar-refractivity contribution in [3.8, 4) is 0 Å². The Morgan fingerprint density at radius 3 is 2.81 bits per heavy atom. The first-order chi connectivity index (χ1) is 10.1. The molecule has 1 N–H and O–H groups in total. The van der Waals surface area contributed by atoms with Crippen LogP contribution in [-0.2, 0) is 7.05 Å². The summed E-state index contributed by atoms with van der Waals surface area (Å²) >= 11 is 1.44. The average Bonchev–Trinajstić information content (AvgIpc) is 2.74. The Labute approximate surface area is 126 Å². The maximum absolute atomic E-state index is 11.0. The molecule has 0 atom stereocenters. The standard InChI is InChI=1S/C12H16N6O2S/c1-9-10(18(19)20)11(17(2)16-9)21-8-4-7-15-12-13-5-3-6-14-12/h3,5-6H,4,7-8H2,1-2H3,(H,13,14,15). The lowest BCUT2D eigenvalue weighted by Gasteiger charge is -2.04. The van der Waals surface area contributed by atoms with Gasteiger partial charge >= 0.3 is 5.69 Å². The quantitative estimate of drug-likeness (QED) is 0.361. The van der Waals surface area contributed by atoms with Crippen molar-refractivity contribution < 1.29 is 4.92 Å². The molecule has 0 aliphatic rings. The third-order valence-corrected chi connectivity index (χ3v) is 3.95. The van der Waals surface area contributed by atoms with E-state index in [-0.39, 0.29) is 10.6 Å². The molecule has 2 aromatic rings. The molecular formula is C12H16N6O2S. The Bertz CT molecular complexity index is 616. The first-order valence-corrected chi connectivity index (χ1v) is 7.40. The molecule has 0 aliphatic heterocycles. The van der Waals surface area contributed by atoms with Crippen LogP contribution < -0.4 is 5.32 Å². The first-order valence-electron chi connectivity index (χ1n) is 6.41. The van der Waals surface area contributed by atoms with Crippen LogP contribution in [0.2, 0.25) is 0 Å². The molecule has 0 saturated carbocycles. The van der Waals surface area contributed by atoms with Crippen molar-refractivity contribution in [3.05, 3.63) is 34.3 Å². The first kappa shape index (κ1) is 15.2. The maximum atomic E-state index is 11.0. The number of anilines is 1. The lowest BCUT2D eigenvalue weighted by molar-refractivity contribution is -0.388. The van der Waals surface area contributed by atoms with Crippen molar-refractivity contribution in [2.24, 2.45) is 7.05 Å². The van der Waals surface area contributed by atoms with Crippen molar-refractivity contribution in [2.45, 2.75) is 18.4 Å². The van der Waals surface area contributed by atoms with Gasteiger partial charge in [-0.15, -0.1) is 0 Å². The summed E-state index contributed by atoms with van der Waals surface area (Å²) in [6, 6.07) is 1.75. The fraction of sp³-hybridized carbons (Fsp3) is 0.417. The van der Waals surface area contributed by atoms with Crippen LogP contribution >= 0.6 is 11.8 Å². The van der Waals surface area contributed by atoms with Crippen molar-refractivity contribution in [1.82, 2.24) is 19.7 Å². The fourth-order valence-electron chi connectivity index (χ4n) is 1.83. The van der Waals surface area contributed by atoms with Crippen LogP contribution in [-0.4, -0.2) is 37.0 Å².